The third kappa shape index (κ3) is 2.65. The quantitative estimate of drug-likeness (QED) is 0.631. The van der Waals surface area contributed by atoms with Crippen LogP contribution in [-0.2, 0) is 0 Å². The molecular formula is C14H8ClIN2OS. The number of thiophene rings is 1. The van der Waals surface area contributed by atoms with Crippen molar-refractivity contribution < 1.29 is 0 Å². The summed E-state index contributed by atoms with van der Waals surface area (Å²) in [7, 11) is 0. The van der Waals surface area contributed by atoms with Crippen molar-refractivity contribution in [1.29, 1.82) is 0 Å². The van der Waals surface area contributed by atoms with Crippen LogP contribution in [0.2, 0.25) is 4.34 Å². The zero-order valence-electron chi connectivity index (χ0n) is 10.1. The van der Waals surface area contributed by atoms with E-state index < -0.39 is 0 Å². The molecule has 0 saturated heterocycles. The monoisotopic (exact) mass is 414 g/mol. The van der Waals surface area contributed by atoms with E-state index >= 15 is 0 Å². The topological polar surface area (TPSA) is 45.8 Å². The number of aromatic nitrogens is 2. The van der Waals surface area contributed by atoms with Gasteiger partial charge in [0.2, 0.25) is 0 Å². The standard InChI is InChI=1S/C14H8ClIN2OS/c15-10-7-6-9(20-10)13-17-12(11(16)14(19)18-13)8-4-2-1-3-5-8/h1-7H,(H,17,18,19). The summed E-state index contributed by atoms with van der Waals surface area (Å²) in [6.07, 6.45) is 0. The van der Waals surface area contributed by atoms with Crippen LogP contribution in [0.4, 0.5) is 0 Å². The van der Waals surface area contributed by atoms with Crippen molar-refractivity contribution in [2.75, 3.05) is 0 Å². The second kappa shape index (κ2) is 5.67. The first kappa shape index (κ1) is 13.8. The van der Waals surface area contributed by atoms with Gasteiger partial charge in [-0.25, -0.2) is 4.98 Å². The Morgan fingerprint density at radius 2 is 1.90 bits per heavy atom. The van der Waals surface area contributed by atoms with E-state index in [1.54, 1.807) is 6.07 Å². The van der Waals surface area contributed by atoms with Crippen molar-refractivity contribution in [3.05, 3.63) is 60.7 Å². The van der Waals surface area contributed by atoms with Crippen LogP contribution in [0.3, 0.4) is 0 Å². The number of hydrogen-bond acceptors (Lipinski definition) is 3. The van der Waals surface area contributed by atoms with Gasteiger partial charge in [-0.15, -0.1) is 11.3 Å². The summed E-state index contributed by atoms with van der Waals surface area (Å²) < 4.78 is 1.25. The summed E-state index contributed by atoms with van der Waals surface area (Å²) >= 11 is 9.35. The van der Waals surface area contributed by atoms with Gasteiger partial charge in [0, 0.05) is 5.56 Å². The van der Waals surface area contributed by atoms with Gasteiger partial charge in [0.1, 0.15) is 3.57 Å². The maximum Gasteiger partial charge on any atom is 0.265 e. The number of rotatable bonds is 2. The third-order valence-electron chi connectivity index (χ3n) is 2.72. The maximum absolute atomic E-state index is 12.1. The highest BCUT2D eigenvalue weighted by molar-refractivity contribution is 14.1. The van der Waals surface area contributed by atoms with Crippen molar-refractivity contribution in [3.8, 4) is 22.0 Å². The van der Waals surface area contributed by atoms with Gasteiger partial charge in [-0.05, 0) is 34.7 Å². The second-order valence-corrected chi connectivity index (χ2v) is 6.84. The smallest absolute Gasteiger partial charge is 0.265 e. The van der Waals surface area contributed by atoms with Crippen LogP contribution in [0, 0.1) is 3.57 Å². The van der Waals surface area contributed by atoms with Gasteiger partial charge in [-0.3, -0.25) is 4.79 Å². The SMILES string of the molecule is O=c1[nH]c(-c2ccc(Cl)s2)nc(-c2ccccc2)c1I. The number of benzene rings is 1. The van der Waals surface area contributed by atoms with Crippen LogP contribution in [0.5, 0.6) is 0 Å². The maximum atomic E-state index is 12.1. The Hall–Kier alpha value is -1.18. The zero-order chi connectivity index (χ0) is 14.1. The zero-order valence-corrected chi connectivity index (χ0v) is 13.8. The highest BCUT2D eigenvalue weighted by Gasteiger charge is 2.13. The van der Waals surface area contributed by atoms with Gasteiger partial charge in [0.15, 0.2) is 5.82 Å². The molecule has 2 aromatic heterocycles. The van der Waals surface area contributed by atoms with Crippen LogP contribution in [-0.4, -0.2) is 9.97 Å². The lowest BCUT2D eigenvalue weighted by Crippen LogP contribution is -2.14. The average Bonchev–Trinajstić information content (AvgIpc) is 2.89. The van der Waals surface area contributed by atoms with Crippen molar-refractivity contribution in [1.82, 2.24) is 9.97 Å². The fourth-order valence-electron chi connectivity index (χ4n) is 1.80. The molecule has 0 atom stereocenters. The van der Waals surface area contributed by atoms with Gasteiger partial charge >= 0.3 is 0 Å². The number of nitrogens with zero attached hydrogens (tertiary/aromatic N) is 1. The van der Waals surface area contributed by atoms with E-state index in [-0.39, 0.29) is 5.56 Å². The highest BCUT2D eigenvalue weighted by Crippen LogP contribution is 2.30. The van der Waals surface area contributed by atoms with E-state index in [1.807, 2.05) is 59.0 Å². The second-order valence-electron chi connectivity index (χ2n) is 4.05. The molecule has 0 spiro atoms. The first-order chi connectivity index (χ1) is 9.65. The van der Waals surface area contributed by atoms with Crippen LogP contribution < -0.4 is 5.56 Å². The fourth-order valence-corrected chi connectivity index (χ4v) is 3.36. The van der Waals surface area contributed by atoms with Gasteiger partial charge in [-0.1, -0.05) is 41.9 Å². The molecule has 1 N–H and O–H groups in total. The van der Waals surface area contributed by atoms with Gasteiger partial charge in [-0.2, -0.15) is 0 Å². The molecule has 0 radical (unpaired) electrons. The van der Waals surface area contributed by atoms with E-state index in [9.17, 15) is 4.79 Å². The molecule has 20 heavy (non-hydrogen) atoms. The van der Waals surface area contributed by atoms with Crippen LogP contribution in [0.25, 0.3) is 22.0 Å². The Kier molecular flexibility index (Phi) is 3.91. The van der Waals surface area contributed by atoms with Crippen molar-refractivity contribution in [2.45, 2.75) is 0 Å². The number of hydrogen-bond donors (Lipinski definition) is 1. The fraction of sp³-hybridized carbons (Fsp3) is 0. The Labute approximate surface area is 137 Å². The summed E-state index contributed by atoms with van der Waals surface area (Å²) in [5.74, 6) is 0.547. The van der Waals surface area contributed by atoms with Crippen molar-refractivity contribution in [2.24, 2.45) is 0 Å². The van der Waals surface area contributed by atoms with Crippen molar-refractivity contribution in [3.63, 3.8) is 0 Å². The summed E-state index contributed by atoms with van der Waals surface area (Å²) in [5, 5.41) is 0. The molecule has 0 aliphatic rings. The van der Waals surface area contributed by atoms with E-state index in [1.165, 1.54) is 11.3 Å². The highest BCUT2D eigenvalue weighted by atomic mass is 127. The molecule has 2 heterocycles. The summed E-state index contributed by atoms with van der Waals surface area (Å²) in [4.78, 5) is 20.3. The molecule has 0 saturated carbocycles. The van der Waals surface area contributed by atoms with Crippen molar-refractivity contribution >= 4 is 45.5 Å². The first-order valence-corrected chi connectivity index (χ1v) is 8.03. The third-order valence-corrected chi connectivity index (χ3v) is 4.96. The molecule has 0 amide bonds. The minimum Gasteiger partial charge on any atom is -0.305 e. The lowest BCUT2D eigenvalue weighted by atomic mass is 10.1. The van der Waals surface area contributed by atoms with Crippen LogP contribution in [0.1, 0.15) is 0 Å². The molecule has 1 aromatic carbocycles. The summed E-state index contributed by atoms with van der Waals surface area (Å²) in [6.45, 7) is 0. The number of aromatic amines is 1. The Bertz CT molecular complexity index is 814. The normalized spacial score (nSPS) is 10.7. The largest absolute Gasteiger partial charge is 0.305 e. The summed E-state index contributed by atoms with van der Waals surface area (Å²) in [5.41, 5.74) is 1.47. The Morgan fingerprint density at radius 3 is 2.55 bits per heavy atom. The average molecular weight is 415 g/mol. The molecule has 0 aliphatic heterocycles. The van der Waals surface area contributed by atoms with E-state index in [0.29, 0.717) is 19.4 Å². The lowest BCUT2D eigenvalue weighted by Gasteiger charge is -2.05. The molecule has 6 heteroatoms. The lowest BCUT2D eigenvalue weighted by molar-refractivity contribution is 1.12. The van der Waals surface area contributed by atoms with Gasteiger partial charge in [0.05, 0.1) is 14.9 Å². The molecule has 0 bridgehead atoms. The molecule has 0 unspecified atom stereocenters. The van der Waals surface area contributed by atoms with Crippen LogP contribution in [0.15, 0.2) is 47.3 Å². The number of halogens is 2. The molecule has 3 nitrogen and oxygen atoms in total. The molecule has 0 aliphatic carbocycles. The van der Waals surface area contributed by atoms with E-state index in [4.69, 9.17) is 11.6 Å². The first-order valence-electron chi connectivity index (χ1n) is 5.76. The minimum atomic E-state index is -0.140. The summed E-state index contributed by atoms with van der Waals surface area (Å²) in [6, 6.07) is 13.3. The minimum absolute atomic E-state index is 0.140. The molecular weight excluding hydrogens is 407 g/mol. The van der Waals surface area contributed by atoms with E-state index in [2.05, 4.69) is 9.97 Å². The Morgan fingerprint density at radius 1 is 1.15 bits per heavy atom. The number of nitrogens with one attached hydrogen (secondary N) is 1. The van der Waals surface area contributed by atoms with Crippen LogP contribution >= 0.6 is 45.5 Å². The van der Waals surface area contributed by atoms with Gasteiger partial charge < -0.3 is 4.98 Å². The predicted octanol–water partition coefficient (Wildman–Crippen LogP) is 4.42. The Balaban J connectivity index is 2.21. The van der Waals surface area contributed by atoms with E-state index in [0.717, 1.165) is 10.4 Å². The molecule has 3 aromatic rings. The van der Waals surface area contributed by atoms with Gasteiger partial charge in [0.25, 0.3) is 5.56 Å². The predicted molar refractivity (Wildman–Crippen MR) is 91.3 cm³/mol. The molecule has 3 rings (SSSR count). The number of H-pyrrole nitrogens is 1. The molecule has 0 fully saturated rings. The molecule has 100 valence electrons.